The van der Waals surface area contributed by atoms with Crippen LogP contribution in [0, 0.1) is 0 Å². The van der Waals surface area contributed by atoms with Crippen molar-refractivity contribution in [2.75, 3.05) is 0 Å². The first-order valence-corrected chi connectivity index (χ1v) is 18.6. The summed E-state index contributed by atoms with van der Waals surface area (Å²) in [6.07, 6.45) is 0. The van der Waals surface area contributed by atoms with Gasteiger partial charge in [0, 0.05) is 32.6 Å². The molecule has 252 valence electrons. The van der Waals surface area contributed by atoms with Gasteiger partial charge in [-0.3, -0.25) is 0 Å². The number of fused-ring (bicyclic) bond motifs is 7. The molecule has 0 saturated carbocycles. The summed E-state index contributed by atoms with van der Waals surface area (Å²) in [5.74, 6) is 0. The molecule has 11 rings (SSSR count). The minimum atomic E-state index is 1.16. The summed E-state index contributed by atoms with van der Waals surface area (Å²) >= 11 is 0. The highest BCUT2D eigenvalue weighted by Gasteiger charge is 2.18. The Hall–Kier alpha value is -7.16. The molecule has 0 saturated heterocycles. The summed E-state index contributed by atoms with van der Waals surface area (Å²) in [4.78, 5) is 0. The Balaban J connectivity index is 1.06. The van der Waals surface area contributed by atoms with Gasteiger partial charge in [0.05, 0.1) is 27.8 Å². The fourth-order valence-corrected chi connectivity index (χ4v) is 8.62. The molecular formula is C52H34N2. The van der Waals surface area contributed by atoms with Gasteiger partial charge >= 0.3 is 0 Å². The SMILES string of the molecule is c1ccc(-c2ccc(-n3c4ccccc4c4cc(-c5ccc6c(c5)c5ccccc5n6-c5ccc(-c6ccccc6)c6ccccc56)ccc43)cc2)cc1. The molecule has 2 heterocycles. The quantitative estimate of drug-likeness (QED) is 0.171. The van der Waals surface area contributed by atoms with E-state index in [2.05, 4.69) is 215 Å². The maximum Gasteiger partial charge on any atom is 0.0541 e. The molecule has 2 heteroatoms. The molecule has 0 radical (unpaired) electrons. The van der Waals surface area contributed by atoms with E-state index in [-0.39, 0.29) is 0 Å². The number of nitrogens with zero attached hydrogens (tertiary/aromatic N) is 2. The summed E-state index contributed by atoms with van der Waals surface area (Å²) in [6.45, 7) is 0. The molecule has 2 aromatic heterocycles. The average Bonchev–Trinajstić information content (AvgIpc) is 3.76. The minimum absolute atomic E-state index is 1.16. The zero-order valence-electron chi connectivity index (χ0n) is 29.5. The van der Waals surface area contributed by atoms with Crippen LogP contribution in [-0.4, -0.2) is 9.13 Å². The van der Waals surface area contributed by atoms with Gasteiger partial charge in [-0.05, 0) is 93.4 Å². The Morgan fingerprint density at radius 3 is 1.31 bits per heavy atom. The lowest BCUT2D eigenvalue weighted by Crippen LogP contribution is -1.96. The van der Waals surface area contributed by atoms with Gasteiger partial charge in [-0.15, -0.1) is 0 Å². The van der Waals surface area contributed by atoms with Crippen LogP contribution < -0.4 is 0 Å². The molecule has 0 aliphatic carbocycles. The molecule has 0 aliphatic heterocycles. The molecule has 0 N–H and O–H groups in total. The Bertz CT molecular complexity index is 3180. The Morgan fingerprint density at radius 2 is 0.685 bits per heavy atom. The number of rotatable bonds is 5. The van der Waals surface area contributed by atoms with E-state index in [1.165, 1.54) is 93.5 Å². The third-order valence-corrected chi connectivity index (χ3v) is 11.1. The second-order valence-electron chi connectivity index (χ2n) is 14.1. The topological polar surface area (TPSA) is 9.86 Å². The van der Waals surface area contributed by atoms with Crippen molar-refractivity contribution >= 4 is 54.4 Å². The summed E-state index contributed by atoms with van der Waals surface area (Å²) in [5, 5.41) is 7.50. The van der Waals surface area contributed by atoms with Crippen LogP contribution in [0.5, 0.6) is 0 Å². The van der Waals surface area contributed by atoms with Crippen LogP contribution in [0.15, 0.2) is 206 Å². The van der Waals surface area contributed by atoms with E-state index in [1.54, 1.807) is 0 Å². The molecule has 0 unspecified atom stereocenters. The van der Waals surface area contributed by atoms with Gasteiger partial charge in [-0.25, -0.2) is 0 Å². The summed E-state index contributed by atoms with van der Waals surface area (Å²) in [6, 6.07) is 75.1. The number of benzene rings is 9. The minimum Gasteiger partial charge on any atom is -0.309 e. The average molecular weight is 687 g/mol. The van der Waals surface area contributed by atoms with Crippen LogP contribution in [-0.2, 0) is 0 Å². The molecule has 0 amide bonds. The molecular weight excluding hydrogens is 653 g/mol. The van der Waals surface area contributed by atoms with Crippen LogP contribution in [0.1, 0.15) is 0 Å². The van der Waals surface area contributed by atoms with Crippen molar-refractivity contribution in [3.63, 3.8) is 0 Å². The monoisotopic (exact) mass is 686 g/mol. The first kappa shape index (κ1) is 30.5. The van der Waals surface area contributed by atoms with Gasteiger partial charge in [0.15, 0.2) is 0 Å². The highest BCUT2D eigenvalue weighted by Crippen LogP contribution is 2.40. The third-order valence-electron chi connectivity index (χ3n) is 11.1. The molecule has 0 spiro atoms. The van der Waals surface area contributed by atoms with Crippen LogP contribution in [0.2, 0.25) is 0 Å². The van der Waals surface area contributed by atoms with Crippen molar-refractivity contribution in [3.8, 4) is 44.8 Å². The maximum atomic E-state index is 2.45. The zero-order valence-corrected chi connectivity index (χ0v) is 29.5. The standard InChI is InChI=1S/C52H34N2/c1-3-13-35(14-4-1)36-23-27-40(28-24-36)53-48-21-11-9-19-44(48)46-33-38(25-30-51(46)53)39-26-31-52-47(34-39)45-20-10-12-22-49(45)54(52)50-32-29-41(37-15-5-2-6-16-37)42-17-7-8-18-43(42)50/h1-34H. The number of para-hydroxylation sites is 2. The fraction of sp³-hybridized carbons (Fsp3) is 0. The van der Waals surface area contributed by atoms with Crippen LogP contribution in [0.4, 0.5) is 0 Å². The van der Waals surface area contributed by atoms with E-state index < -0.39 is 0 Å². The molecule has 2 nitrogen and oxygen atoms in total. The van der Waals surface area contributed by atoms with Crippen LogP contribution in [0.25, 0.3) is 99.1 Å². The van der Waals surface area contributed by atoms with E-state index in [4.69, 9.17) is 0 Å². The number of aromatic nitrogens is 2. The van der Waals surface area contributed by atoms with Gasteiger partial charge < -0.3 is 9.13 Å². The van der Waals surface area contributed by atoms with E-state index >= 15 is 0 Å². The van der Waals surface area contributed by atoms with Crippen LogP contribution in [0.3, 0.4) is 0 Å². The maximum absolute atomic E-state index is 2.45. The van der Waals surface area contributed by atoms with E-state index in [9.17, 15) is 0 Å². The van der Waals surface area contributed by atoms with Gasteiger partial charge in [0.25, 0.3) is 0 Å². The third kappa shape index (κ3) is 4.74. The molecule has 9 aromatic carbocycles. The molecule has 0 atom stereocenters. The smallest absolute Gasteiger partial charge is 0.0541 e. The summed E-state index contributed by atoms with van der Waals surface area (Å²) < 4.78 is 4.85. The summed E-state index contributed by atoms with van der Waals surface area (Å²) in [5.41, 5.74) is 14.5. The molecule has 0 bridgehead atoms. The summed E-state index contributed by atoms with van der Waals surface area (Å²) in [7, 11) is 0. The Labute approximate surface area is 313 Å². The Morgan fingerprint density at radius 1 is 0.241 bits per heavy atom. The van der Waals surface area contributed by atoms with Crippen molar-refractivity contribution in [2.45, 2.75) is 0 Å². The zero-order chi connectivity index (χ0) is 35.6. The lowest BCUT2D eigenvalue weighted by Gasteiger charge is -2.15. The fourth-order valence-electron chi connectivity index (χ4n) is 8.62. The first-order valence-electron chi connectivity index (χ1n) is 18.6. The number of hydrogen-bond acceptors (Lipinski definition) is 0. The van der Waals surface area contributed by atoms with Crippen molar-refractivity contribution < 1.29 is 0 Å². The van der Waals surface area contributed by atoms with Crippen molar-refractivity contribution in [2.24, 2.45) is 0 Å². The van der Waals surface area contributed by atoms with Crippen molar-refractivity contribution in [1.29, 1.82) is 0 Å². The first-order chi connectivity index (χ1) is 26.8. The number of hydrogen-bond donors (Lipinski definition) is 0. The van der Waals surface area contributed by atoms with Crippen LogP contribution >= 0.6 is 0 Å². The molecule has 11 aromatic rings. The molecule has 0 aliphatic rings. The van der Waals surface area contributed by atoms with Crippen molar-refractivity contribution in [3.05, 3.63) is 206 Å². The van der Waals surface area contributed by atoms with Crippen molar-refractivity contribution in [1.82, 2.24) is 9.13 Å². The normalized spacial score (nSPS) is 11.7. The van der Waals surface area contributed by atoms with Gasteiger partial charge in [0.1, 0.15) is 0 Å². The molecule has 0 fully saturated rings. The second kappa shape index (κ2) is 12.2. The van der Waals surface area contributed by atoms with E-state index in [0.717, 1.165) is 5.69 Å². The molecule has 54 heavy (non-hydrogen) atoms. The second-order valence-corrected chi connectivity index (χ2v) is 14.1. The Kier molecular flexibility index (Phi) is 6.90. The largest absolute Gasteiger partial charge is 0.309 e. The van der Waals surface area contributed by atoms with Gasteiger partial charge in [0.2, 0.25) is 0 Å². The van der Waals surface area contributed by atoms with E-state index in [1.807, 2.05) is 0 Å². The highest BCUT2D eigenvalue weighted by molar-refractivity contribution is 6.14. The lowest BCUT2D eigenvalue weighted by atomic mass is 9.97. The highest BCUT2D eigenvalue weighted by atomic mass is 15.0. The van der Waals surface area contributed by atoms with Gasteiger partial charge in [-0.1, -0.05) is 152 Å². The predicted octanol–water partition coefficient (Wildman–Crippen LogP) is 14.0. The lowest BCUT2D eigenvalue weighted by molar-refractivity contribution is 1.18. The van der Waals surface area contributed by atoms with E-state index in [0.29, 0.717) is 0 Å². The predicted molar refractivity (Wildman–Crippen MR) is 229 cm³/mol. The van der Waals surface area contributed by atoms with Gasteiger partial charge in [-0.2, -0.15) is 0 Å².